The van der Waals surface area contributed by atoms with E-state index in [9.17, 15) is 9.59 Å². The van der Waals surface area contributed by atoms with Crippen LogP contribution in [0.4, 0.5) is 4.79 Å². The Bertz CT molecular complexity index is 330. The summed E-state index contributed by atoms with van der Waals surface area (Å²) in [4.78, 5) is 24.5. The van der Waals surface area contributed by atoms with Gasteiger partial charge in [0, 0.05) is 38.3 Å². The van der Waals surface area contributed by atoms with E-state index in [2.05, 4.69) is 5.32 Å². The van der Waals surface area contributed by atoms with Crippen molar-refractivity contribution in [3.63, 3.8) is 0 Å². The van der Waals surface area contributed by atoms with Crippen LogP contribution in [0.5, 0.6) is 0 Å². The van der Waals surface area contributed by atoms with Crippen LogP contribution in [-0.4, -0.2) is 79.6 Å². The number of carboxylic acids is 1. The van der Waals surface area contributed by atoms with Crippen LogP contribution < -0.4 is 5.32 Å². The number of ether oxygens (including phenoxy) is 2. The molecule has 1 aliphatic rings. The number of thioether (sulfide) groups is 1. The summed E-state index contributed by atoms with van der Waals surface area (Å²) in [6.45, 7) is 2.80. The van der Waals surface area contributed by atoms with Crippen LogP contribution in [0.15, 0.2) is 0 Å². The van der Waals surface area contributed by atoms with Crippen LogP contribution in [0.1, 0.15) is 12.8 Å². The molecule has 0 radical (unpaired) electrons. The molecule has 1 unspecified atom stereocenters. The summed E-state index contributed by atoms with van der Waals surface area (Å²) in [6, 6.07) is -0.405. The number of carboxylic acid groups (broad SMARTS) is 1. The van der Waals surface area contributed by atoms with E-state index >= 15 is 0 Å². The van der Waals surface area contributed by atoms with Crippen LogP contribution in [-0.2, 0) is 14.3 Å². The van der Waals surface area contributed by atoms with Crippen LogP contribution in [0.25, 0.3) is 0 Å². The number of hydrogen-bond donors (Lipinski definition) is 2. The van der Waals surface area contributed by atoms with Crippen molar-refractivity contribution in [1.29, 1.82) is 0 Å². The molecular weight excluding hydrogens is 296 g/mol. The summed E-state index contributed by atoms with van der Waals surface area (Å²) in [5.41, 5.74) is 0. The second kappa shape index (κ2) is 10.7. The van der Waals surface area contributed by atoms with Crippen molar-refractivity contribution >= 4 is 23.8 Å². The number of nitrogens with one attached hydrogen (secondary N) is 1. The SMILES string of the molecule is COCCOCCCNC(=O)N1CCSCC1CC(=O)O. The number of methoxy groups -OCH3 is 1. The van der Waals surface area contributed by atoms with Gasteiger partial charge in [-0.25, -0.2) is 4.79 Å². The fourth-order valence-electron chi connectivity index (χ4n) is 2.01. The molecule has 1 fully saturated rings. The van der Waals surface area contributed by atoms with E-state index in [1.54, 1.807) is 23.8 Å². The van der Waals surface area contributed by atoms with Crippen molar-refractivity contribution in [2.24, 2.45) is 0 Å². The number of carbonyl (C=O) groups excluding carboxylic acids is 1. The van der Waals surface area contributed by atoms with E-state index in [1.807, 2.05) is 0 Å². The Morgan fingerprint density at radius 3 is 2.90 bits per heavy atom. The van der Waals surface area contributed by atoms with Gasteiger partial charge in [-0.05, 0) is 6.42 Å². The minimum atomic E-state index is -0.869. The molecular formula is C13H24N2O5S. The Morgan fingerprint density at radius 2 is 2.19 bits per heavy atom. The maximum Gasteiger partial charge on any atom is 0.317 e. The van der Waals surface area contributed by atoms with Crippen molar-refractivity contribution in [3.05, 3.63) is 0 Å². The lowest BCUT2D eigenvalue weighted by atomic mass is 10.2. The van der Waals surface area contributed by atoms with Gasteiger partial charge in [0.2, 0.25) is 0 Å². The van der Waals surface area contributed by atoms with Crippen molar-refractivity contribution in [3.8, 4) is 0 Å². The first-order valence-electron chi connectivity index (χ1n) is 7.06. The highest BCUT2D eigenvalue weighted by Crippen LogP contribution is 2.18. The molecule has 0 aromatic carbocycles. The number of urea groups is 1. The van der Waals surface area contributed by atoms with Gasteiger partial charge >= 0.3 is 12.0 Å². The predicted molar refractivity (Wildman–Crippen MR) is 80.8 cm³/mol. The first-order chi connectivity index (χ1) is 10.1. The van der Waals surface area contributed by atoms with Crippen molar-refractivity contribution < 1.29 is 24.2 Å². The number of rotatable bonds is 9. The lowest BCUT2D eigenvalue weighted by Crippen LogP contribution is -2.51. The molecule has 21 heavy (non-hydrogen) atoms. The summed E-state index contributed by atoms with van der Waals surface area (Å²) in [7, 11) is 1.62. The maximum absolute atomic E-state index is 12.1. The highest BCUT2D eigenvalue weighted by Gasteiger charge is 2.28. The van der Waals surface area contributed by atoms with E-state index in [0.717, 1.165) is 12.2 Å². The molecule has 2 N–H and O–H groups in total. The molecule has 1 heterocycles. The molecule has 1 rings (SSSR count). The molecule has 122 valence electrons. The largest absolute Gasteiger partial charge is 0.481 e. The second-order valence-corrected chi connectivity index (χ2v) is 5.86. The van der Waals surface area contributed by atoms with Gasteiger partial charge in [-0.2, -0.15) is 11.8 Å². The van der Waals surface area contributed by atoms with Crippen LogP contribution in [0.2, 0.25) is 0 Å². The number of nitrogens with zero attached hydrogens (tertiary/aromatic N) is 1. The normalized spacial score (nSPS) is 18.5. The van der Waals surface area contributed by atoms with Gasteiger partial charge in [-0.15, -0.1) is 0 Å². The molecule has 7 nitrogen and oxygen atoms in total. The Labute approximate surface area is 129 Å². The molecule has 0 aliphatic carbocycles. The summed E-state index contributed by atoms with van der Waals surface area (Å²) in [5, 5.41) is 11.7. The Kier molecular flexibility index (Phi) is 9.20. The number of amides is 2. The fraction of sp³-hybridized carbons (Fsp3) is 0.846. The molecule has 0 bridgehead atoms. The summed E-state index contributed by atoms with van der Waals surface area (Å²) < 4.78 is 10.2. The summed E-state index contributed by atoms with van der Waals surface area (Å²) >= 11 is 1.69. The quantitative estimate of drug-likeness (QED) is 0.606. The van der Waals surface area contributed by atoms with E-state index in [1.165, 1.54) is 0 Å². The van der Waals surface area contributed by atoms with Crippen LogP contribution in [0, 0.1) is 0 Å². The van der Waals surface area contributed by atoms with Crippen LogP contribution >= 0.6 is 11.8 Å². The highest BCUT2D eigenvalue weighted by molar-refractivity contribution is 7.99. The smallest absolute Gasteiger partial charge is 0.317 e. The van der Waals surface area contributed by atoms with E-state index in [0.29, 0.717) is 38.7 Å². The molecule has 0 aromatic heterocycles. The standard InChI is InChI=1S/C13H24N2O5S/c1-19-6-7-20-5-2-3-14-13(18)15-4-8-21-10-11(15)9-12(16)17/h11H,2-10H2,1H3,(H,14,18)(H,16,17). The first-order valence-corrected chi connectivity index (χ1v) is 8.21. The molecule has 0 spiro atoms. The fourth-order valence-corrected chi connectivity index (χ4v) is 3.07. The van der Waals surface area contributed by atoms with Gasteiger partial charge in [0.25, 0.3) is 0 Å². The summed E-state index contributed by atoms with van der Waals surface area (Å²) in [5.74, 6) is 0.663. The predicted octanol–water partition coefficient (Wildman–Crippen LogP) is 0.641. The van der Waals surface area contributed by atoms with Crippen molar-refractivity contribution in [1.82, 2.24) is 10.2 Å². The Hall–Kier alpha value is -0.990. The molecule has 0 saturated carbocycles. The average molecular weight is 320 g/mol. The molecule has 1 saturated heterocycles. The summed E-state index contributed by atoms with van der Waals surface area (Å²) in [6.07, 6.45) is 0.724. The lowest BCUT2D eigenvalue weighted by molar-refractivity contribution is -0.137. The van der Waals surface area contributed by atoms with Gasteiger partial charge < -0.3 is 24.8 Å². The lowest BCUT2D eigenvalue weighted by Gasteiger charge is -2.34. The molecule has 1 atom stereocenters. The number of carbonyl (C=O) groups is 2. The highest BCUT2D eigenvalue weighted by atomic mass is 32.2. The second-order valence-electron chi connectivity index (χ2n) is 4.71. The van der Waals surface area contributed by atoms with Crippen molar-refractivity contribution in [2.45, 2.75) is 18.9 Å². The zero-order valence-electron chi connectivity index (χ0n) is 12.4. The topological polar surface area (TPSA) is 88.1 Å². The van der Waals surface area contributed by atoms with Gasteiger partial charge in [-0.3, -0.25) is 4.79 Å². The minimum Gasteiger partial charge on any atom is -0.481 e. The first kappa shape index (κ1) is 18.1. The van der Waals surface area contributed by atoms with Gasteiger partial charge in [0.1, 0.15) is 0 Å². The Morgan fingerprint density at radius 1 is 1.38 bits per heavy atom. The van der Waals surface area contributed by atoms with E-state index in [-0.39, 0.29) is 18.5 Å². The minimum absolute atomic E-state index is 0.000545. The van der Waals surface area contributed by atoms with Crippen molar-refractivity contribution in [2.75, 3.05) is 51.5 Å². The molecule has 8 heteroatoms. The van der Waals surface area contributed by atoms with E-state index < -0.39 is 5.97 Å². The van der Waals surface area contributed by atoms with Gasteiger partial charge in [-0.1, -0.05) is 0 Å². The Balaban J connectivity index is 2.21. The third kappa shape index (κ3) is 7.54. The molecule has 0 aromatic rings. The maximum atomic E-state index is 12.1. The number of aliphatic carboxylic acids is 1. The third-order valence-electron chi connectivity index (χ3n) is 3.07. The van der Waals surface area contributed by atoms with Gasteiger partial charge in [0.05, 0.1) is 25.7 Å². The monoisotopic (exact) mass is 320 g/mol. The third-order valence-corrected chi connectivity index (χ3v) is 4.16. The molecule has 2 amide bonds. The average Bonchev–Trinajstić information content (AvgIpc) is 2.46. The number of hydrogen-bond acceptors (Lipinski definition) is 5. The van der Waals surface area contributed by atoms with Gasteiger partial charge in [0.15, 0.2) is 0 Å². The van der Waals surface area contributed by atoms with E-state index in [4.69, 9.17) is 14.6 Å². The zero-order chi connectivity index (χ0) is 15.5. The zero-order valence-corrected chi connectivity index (χ0v) is 13.2. The van der Waals surface area contributed by atoms with Crippen LogP contribution in [0.3, 0.4) is 0 Å². The molecule has 1 aliphatic heterocycles.